The van der Waals surface area contributed by atoms with Crippen molar-refractivity contribution in [3.63, 3.8) is 0 Å². The van der Waals surface area contributed by atoms with E-state index in [9.17, 15) is 29.0 Å². The number of nitrogens with one attached hydrogen (secondary N) is 1. The lowest BCUT2D eigenvalue weighted by Crippen LogP contribution is -2.37. The quantitative estimate of drug-likeness (QED) is 0.142. The topological polar surface area (TPSA) is 291 Å². The van der Waals surface area contributed by atoms with Crippen LogP contribution >= 0.6 is 16.1 Å². The monoisotopic (exact) mass is 678 g/mol. The van der Waals surface area contributed by atoms with Crippen LogP contribution in [0.15, 0.2) is 23.8 Å². The van der Waals surface area contributed by atoms with Gasteiger partial charge in [-0.3, -0.25) is 23.4 Å². The summed E-state index contributed by atoms with van der Waals surface area (Å²) in [4.78, 5) is 46.7. The van der Waals surface area contributed by atoms with Gasteiger partial charge in [-0.2, -0.15) is 4.98 Å². The fourth-order valence-corrected chi connectivity index (χ4v) is 10.3. The predicted octanol–water partition coefficient (Wildman–Crippen LogP) is -0.725. The van der Waals surface area contributed by atoms with Crippen molar-refractivity contribution in [3.8, 4) is 0 Å². The molecule has 22 heteroatoms. The second kappa shape index (κ2) is 9.40. The molecule has 9 rings (SSSR count). The van der Waals surface area contributed by atoms with E-state index < -0.39 is 81.5 Å². The molecule has 4 saturated carbocycles. The Labute approximate surface area is 257 Å². The van der Waals surface area contributed by atoms with Crippen LogP contribution in [0, 0.1) is 22.7 Å². The Balaban J connectivity index is 1.07. The van der Waals surface area contributed by atoms with Crippen molar-refractivity contribution >= 4 is 50.2 Å². The number of H-pyrrole nitrogens is 1. The molecule has 8 N–H and O–H groups in total. The number of imidazole rings is 2. The van der Waals surface area contributed by atoms with Gasteiger partial charge < -0.3 is 44.8 Å². The molecule has 5 fully saturated rings. The zero-order valence-corrected chi connectivity index (χ0v) is 25.5. The zero-order valence-electron chi connectivity index (χ0n) is 23.6. The number of fused-ring (bicyclic) bond motifs is 3. The molecule has 1 saturated heterocycles. The summed E-state index contributed by atoms with van der Waals surface area (Å²) < 4.78 is 52.9. The molecular weight excluding hydrogens is 650 g/mol. The van der Waals surface area contributed by atoms with E-state index in [0.29, 0.717) is 24.0 Å². The van der Waals surface area contributed by atoms with Crippen LogP contribution in [0.4, 0.5) is 11.8 Å². The fourth-order valence-electron chi connectivity index (χ4n) is 8.27. The summed E-state index contributed by atoms with van der Waals surface area (Å²) in [7, 11) is -8.18. The average molecular weight is 678 g/mol. The minimum Gasteiger partial charge on any atom is -0.390 e. The van der Waals surface area contributed by atoms with E-state index in [1.54, 1.807) is 4.57 Å². The van der Waals surface area contributed by atoms with Crippen molar-refractivity contribution in [1.82, 2.24) is 39.0 Å². The number of anilines is 2. The highest BCUT2D eigenvalue weighted by Gasteiger charge is 2.75. The Morgan fingerprint density at radius 3 is 2.52 bits per heavy atom. The van der Waals surface area contributed by atoms with Crippen LogP contribution in [0.1, 0.15) is 24.9 Å². The van der Waals surface area contributed by atoms with E-state index in [-0.39, 0.29) is 35.5 Å². The van der Waals surface area contributed by atoms with Gasteiger partial charge in [0.2, 0.25) is 5.95 Å². The van der Waals surface area contributed by atoms with Gasteiger partial charge in [0.05, 0.1) is 44.1 Å². The molecular formula is C24H28N10O10P2. The summed E-state index contributed by atoms with van der Waals surface area (Å²) >= 11 is 0. The number of rotatable bonds is 2. The fraction of sp³-hybridized carbons (Fsp3) is 0.583. The number of aromatic nitrogens is 8. The Bertz CT molecular complexity index is 2070. The third-order valence-corrected chi connectivity index (χ3v) is 12.3. The Morgan fingerprint density at radius 2 is 1.72 bits per heavy atom. The Kier molecular flexibility index (Phi) is 5.90. The molecule has 20 nitrogen and oxygen atoms in total. The lowest BCUT2D eigenvalue weighted by atomic mass is 10.0. The summed E-state index contributed by atoms with van der Waals surface area (Å²) in [5.41, 5.74) is 9.85. The van der Waals surface area contributed by atoms with Gasteiger partial charge >= 0.3 is 16.1 Å². The van der Waals surface area contributed by atoms with Crippen molar-refractivity contribution in [2.24, 2.45) is 22.7 Å². The SMILES string of the molecule is Nc1nc2c(ncn2[C@H]2[C@@H]3OP(=O)(O)OC[C@@]45C[C@@H]4[C@@H](n4cnc6c(N)ncnc64)[C@H](O)[C@@H]5O[PH](=O)OC[C@]4(C[C@H]24)[C@H]3O)c(=O)[nH]1. The highest BCUT2D eigenvalue weighted by Crippen LogP contribution is 2.73. The number of nitrogen functional groups attached to an aromatic ring is 2. The maximum absolute atomic E-state index is 13.6. The van der Waals surface area contributed by atoms with E-state index in [1.807, 2.05) is 0 Å². The normalized spacial score (nSPS) is 43.3. The largest absolute Gasteiger partial charge is 0.472 e. The molecule has 0 amide bonds. The van der Waals surface area contributed by atoms with Crippen molar-refractivity contribution in [2.45, 2.75) is 49.3 Å². The number of aliphatic hydroxyl groups excluding tert-OH is 2. The number of nitrogens with two attached hydrogens (primary N) is 2. The van der Waals surface area contributed by atoms with Crippen LogP contribution in [0.5, 0.6) is 0 Å². The Morgan fingerprint density at radius 1 is 1.00 bits per heavy atom. The van der Waals surface area contributed by atoms with E-state index in [2.05, 4.69) is 29.9 Å². The number of nitrogens with zero attached hydrogens (tertiary/aromatic N) is 7. The zero-order chi connectivity index (χ0) is 31.9. The van der Waals surface area contributed by atoms with Gasteiger partial charge in [0, 0.05) is 10.8 Å². The second-order valence-electron chi connectivity index (χ2n) is 12.8. The van der Waals surface area contributed by atoms with Gasteiger partial charge in [-0.25, -0.2) is 24.5 Å². The summed E-state index contributed by atoms with van der Waals surface area (Å²) in [6, 6.07) is -1.52. The van der Waals surface area contributed by atoms with Crippen molar-refractivity contribution < 1.29 is 42.3 Å². The summed E-state index contributed by atoms with van der Waals surface area (Å²) in [6.45, 7) is -0.649. The average Bonchev–Trinajstić information content (AvgIpc) is 3.71. The first-order chi connectivity index (χ1) is 21.9. The molecule has 4 aromatic rings. The van der Waals surface area contributed by atoms with Crippen molar-refractivity contribution in [2.75, 3.05) is 24.7 Å². The third-order valence-electron chi connectivity index (χ3n) is 10.6. The number of hydrogen-bond donors (Lipinski definition) is 6. The third kappa shape index (κ3) is 3.87. The highest BCUT2D eigenvalue weighted by atomic mass is 31.2. The standard InChI is InChI=1S/C24H28N10O10P2/c25-18-10-19(28-5-27-18)33(6-29-10)12-8-2-24(8)4-42-46(39,40)44-15-13(34-7-30-11-20(34)31-22(26)32-21(11)37)9-1-23(9,16(15)36)3-41-45(38)43-17(24)14(12)35/h5-9,12-17,35-36,45H,1-4H2,(H,39,40)(H2,25,27,28)(H3,26,31,32,37)/t8-,9-,12-,13-,14+,15+,16+,17+,23+,24+/m1/s1. The second-order valence-corrected chi connectivity index (χ2v) is 15.2. The lowest BCUT2D eigenvalue weighted by molar-refractivity contribution is -0.0321. The predicted molar refractivity (Wildman–Crippen MR) is 154 cm³/mol. The lowest BCUT2D eigenvalue weighted by Gasteiger charge is -2.30. The van der Waals surface area contributed by atoms with Crippen LogP contribution < -0.4 is 17.0 Å². The molecule has 1 aliphatic heterocycles. The van der Waals surface area contributed by atoms with Gasteiger partial charge in [-0.15, -0.1) is 0 Å². The molecule has 4 aromatic heterocycles. The minimum absolute atomic E-state index is 0.0211. The molecule has 5 heterocycles. The molecule has 2 spiro atoms. The molecule has 2 bridgehead atoms. The maximum atomic E-state index is 13.6. The van der Waals surface area contributed by atoms with Gasteiger partial charge in [0.15, 0.2) is 22.6 Å². The first-order valence-electron chi connectivity index (χ1n) is 14.4. The van der Waals surface area contributed by atoms with E-state index >= 15 is 0 Å². The number of aromatic amines is 1. The first-order valence-corrected chi connectivity index (χ1v) is 17.2. The minimum atomic E-state index is -4.90. The number of phosphoric acid groups is 1. The number of hydrogen-bond acceptors (Lipinski definition) is 16. The molecule has 46 heavy (non-hydrogen) atoms. The molecule has 0 aromatic carbocycles. The molecule has 2 unspecified atom stereocenters. The maximum Gasteiger partial charge on any atom is 0.472 e. The van der Waals surface area contributed by atoms with Crippen LogP contribution in [0.25, 0.3) is 22.3 Å². The smallest absolute Gasteiger partial charge is 0.390 e. The molecule has 0 radical (unpaired) electrons. The molecule has 244 valence electrons. The highest BCUT2D eigenvalue weighted by molar-refractivity contribution is 7.47. The Hall–Kier alpha value is -3.32. The van der Waals surface area contributed by atoms with E-state index in [1.165, 1.54) is 23.5 Å². The van der Waals surface area contributed by atoms with E-state index in [0.717, 1.165) is 0 Å². The van der Waals surface area contributed by atoms with Gasteiger partial charge in [0.25, 0.3) is 5.56 Å². The van der Waals surface area contributed by atoms with Gasteiger partial charge in [-0.05, 0) is 24.7 Å². The van der Waals surface area contributed by atoms with Gasteiger partial charge in [0.1, 0.15) is 30.2 Å². The molecule has 4 aliphatic carbocycles. The summed E-state index contributed by atoms with van der Waals surface area (Å²) in [5, 5.41) is 23.0. The van der Waals surface area contributed by atoms with Crippen LogP contribution in [0.2, 0.25) is 0 Å². The van der Waals surface area contributed by atoms with Gasteiger partial charge in [-0.1, -0.05) is 0 Å². The van der Waals surface area contributed by atoms with E-state index in [4.69, 9.17) is 29.6 Å². The van der Waals surface area contributed by atoms with Crippen LogP contribution in [-0.2, 0) is 27.2 Å². The number of phosphoric ester groups is 1. The summed E-state index contributed by atoms with van der Waals surface area (Å²) in [6.07, 6.45) is -0.276. The van der Waals surface area contributed by atoms with Crippen molar-refractivity contribution in [1.29, 1.82) is 0 Å². The first kappa shape index (κ1) is 28.9. The molecule has 12 atom stereocenters. The molecule has 5 aliphatic rings. The summed E-state index contributed by atoms with van der Waals surface area (Å²) in [5.74, 6) is -0.800. The van der Waals surface area contributed by atoms with Crippen LogP contribution in [0.3, 0.4) is 0 Å². The van der Waals surface area contributed by atoms with Crippen LogP contribution in [-0.4, -0.2) is 91.8 Å². The van der Waals surface area contributed by atoms with Crippen molar-refractivity contribution in [3.05, 3.63) is 29.3 Å². The number of aliphatic hydroxyl groups is 2.